The second-order valence-electron chi connectivity index (χ2n) is 3.62. The summed E-state index contributed by atoms with van der Waals surface area (Å²) in [6.45, 7) is 2.16. The fourth-order valence-corrected chi connectivity index (χ4v) is 2.27. The molecule has 106 valence electrons. The summed E-state index contributed by atoms with van der Waals surface area (Å²) in [5.74, 6) is -2.24. The molecule has 0 aliphatic rings. The van der Waals surface area contributed by atoms with Gasteiger partial charge in [0, 0.05) is 6.61 Å². The number of sulfonamides is 1. The summed E-state index contributed by atoms with van der Waals surface area (Å²) in [6.07, 6.45) is 0. The summed E-state index contributed by atoms with van der Waals surface area (Å²) in [7, 11) is -3.70. The number of phenols is 1. The molecule has 1 aromatic rings. The average molecular weight is 289 g/mol. The molecule has 3 N–H and O–H groups in total. The zero-order valence-electron chi connectivity index (χ0n) is 10.3. The van der Waals surface area contributed by atoms with Gasteiger partial charge in [0.15, 0.2) is 5.75 Å². The number of benzene rings is 1. The van der Waals surface area contributed by atoms with Crippen molar-refractivity contribution in [1.82, 2.24) is 0 Å². The van der Waals surface area contributed by atoms with E-state index in [4.69, 9.17) is 9.84 Å². The van der Waals surface area contributed by atoms with Gasteiger partial charge in [0.1, 0.15) is 5.56 Å². The van der Waals surface area contributed by atoms with Crippen molar-refractivity contribution in [3.8, 4) is 5.75 Å². The van der Waals surface area contributed by atoms with Crippen LogP contribution in [0.25, 0.3) is 0 Å². The SMILES string of the molecule is CCOCCS(=O)(=O)Nc1cccc(C(=O)O)c1O. The van der Waals surface area contributed by atoms with E-state index in [1.165, 1.54) is 18.2 Å². The zero-order chi connectivity index (χ0) is 14.5. The lowest BCUT2D eigenvalue weighted by Gasteiger charge is -2.10. The van der Waals surface area contributed by atoms with Crippen LogP contribution in [0, 0.1) is 0 Å². The number of carboxylic acids is 1. The predicted molar refractivity (Wildman–Crippen MR) is 69.0 cm³/mol. The maximum Gasteiger partial charge on any atom is 0.339 e. The predicted octanol–water partition coefficient (Wildman–Crippen LogP) is 0.869. The van der Waals surface area contributed by atoms with Crippen molar-refractivity contribution in [2.24, 2.45) is 0 Å². The van der Waals surface area contributed by atoms with Crippen LogP contribution in [0.3, 0.4) is 0 Å². The Balaban J connectivity index is 2.88. The molecule has 8 heteroatoms. The number of aromatic hydroxyl groups is 1. The highest BCUT2D eigenvalue weighted by Gasteiger charge is 2.17. The number of aromatic carboxylic acids is 1. The number of carboxylic acid groups (broad SMARTS) is 1. The molecule has 0 aliphatic heterocycles. The highest BCUT2D eigenvalue weighted by Crippen LogP contribution is 2.28. The first-order chi connectivity index (χ1) is 8.87. The largest absolute Gasteiger partial charge is 0.505 e. The fraction of sp³-hybridized carbons (Fsp3) is 0.364. The standard InChI is InChI=1S/C11H15NO6S/c1-2-18-6-7-19(16,17)12-9-5-3-4-8(10(9)13)11(14)15/h3-5,12-13H,2,6-7H2,1H3,(H,14,15). The van der Waals surface area contributed by atoms with Crippen LogP contribution in [-0.2, 0) is 14.8 Å². The molecule has 0 radical (unpaired) electrons. The molecular weight excluding hydrogens is 274 g/mol. The number of para-hydroxylation sites is 1. The van der Waals surface area contributed by atoms with Crippen molar-refractivity contribution in [2.45, 2.75) is 6.92 Å². The Kier molecular flexibility index (Phi) is 5.13. The molecular formula is C11H15NO6S. The van der Waals surface area contributed by atoms with Crippen LogP contribution in [-0.4, -0.2) is 43.6 Å². The Morgan fingerprint density at radius 2 is 2.11 bits per heavy atom. The smallest absolute Gasteiger partial charge is 0.339 e. The number of hydrogen-bond acceptors (Lipinski definition) is 5. The first-order valence-corrected chi connectivity index (χ1v) is 7.16. The molecule has 0 saturated heterocycles. The molecule has 0 heterocycles. The number of rotatable bonds is 7. The summed E-state index contributed by atoms with van der Waals surface area (Å²) in [5, 5.41) is 18.5. The van der Waals surface area contributed by atoms with Gasteiger partial charge in [-0.25, -0.2) is 13.2 Å². The molecule has 0 atom stereocenters. The van der Waals surface area contributed by atoms with Gasteiger partial charge in [-0.2, -0.15) is 0 Å². The lowest BCUT2D eigenvalue weighted by Crippen LogP contribution is -2.20. The van der Waals surface area contributed by atoms with Crippen molar-refractivity contribution in [3.63, 3.8) is 0 Å². The molecule has 0 saturated carbocycles. The van der Waals surface area contributed by atoms with Crippen LogP contribution in [0.5, 0.6) is 5.75 Å². The van der Waals surface area contributed by atoms with E-state index in [1.807, 2.05) is 0 Å². The van der Waals surface area contributed by atoms with Crippen LogP contribution in [0.4, 0.5) is 5.69 Å². The molecule has 0 aliphatic carbocycles. The van der Waals surface area contributed by atoms with Gasteiger partial charge in [-0.1, -0.05) is 6.07 Å². The third-order valence-electron chi connectivity index (χ3n) is 2.23. The Hall–Kier alpha value is -1.80. The number of ether oxygens (including phenoxy) is 1. The van der Waals surface area contributed by atoms with E-state index >= 15 is 0 Å². The van der Waals surface area contributed by atoms with Crippen molar-refractivity contribution in [3.05, 3.63) is 23.8 Å². The highest BCUT2D eigenvalue weighted by molar-refractivity contribution is 7.92. The van der Waals surface area contributed by atoms with Crippen LogP contribution in [0.2, 0.25) is 0 Å². The van der Waals surface area contributed by atoms with E-state index in [0.29, 0.717) is 6.61 Å². The second-order valence-corrected chi connectivity index (χ2v) is 5.47. The van der Waals surface area contributed by atoms with Gasteiger partial charge in [-0.15, -0.1) is 0 Å². The number of carbonyl (C=O) groups is 1. The Morgan fingerprint density at radius 1 is 1.42 bits per heavy atom. The molecule has 1 aromatic carbocycles. The summed E-state index contributed by atoms with van der Waals surface area (Å²) in [5.41, 5.74) is -0.540. The summed E-state index contributed by atoms with van der Waals surface area (Å²) < 4.78 is 30.4. The average Bonchev–Trinajstić information content (AvgIpc) is 2.31. The number of anilines is 1. The maximum atomic E-state index is 11.7. The molecule has 0 spiro atoms. The minimum Gasteiger partial charge on any atom is -0.505 e. The van der Waals surface area contributed by atoms with Gasteiger partial charge in [-0.3, -0.25) is 4.72 Å². The Bertz CT molecular complexity index is 554. The van der Waals surface area contributed by atoms with Crippen LogP contribution in [0.15, 0.2) is 18.2 Å². The van der Waals surface area contributed by atoms with E-state index in [1.54, 1.807) is 6.92 Å². The van der Waals surface area contributed by atoms with Gasteiger partial charge < -0.3 is 14.9 Å². The van der Waals surface area contributed by atoms with Crippen LogP contribution >= 0.6 is 0 Å². The minimum absolute atomic E-state index is 0.0191. The third-order valence-corrected chi connectivity index (χ3v) is 3.47. The van der Waals surface area contributed by atoms with E-state index in [2.05, 4.69) is 4.72 Å². The van der Waals surface area contributed by atoms with Crippen molar-refractivity contribution in [1.29, 1.82) is 0 Å². The molecule has 0 amide bonds. The van der Waals surface area contributed by atoms with Crippen molar-refractivity contribution < 1.29 is 28.2 Å². The molecule has 1 rings (SSSR count). The van der Waals surface area contributed by atoms with Gasteiger partial charge in [0.25, 0.3) is 0 Å². The third kappa shape index (κ3) is 4.42. The lowest BCUT2D eigenvalue weighted by molar-refractivity contribution is 0.0694. The van der Waals surface area contributed by atoms with Gasteiger partial charge >= 0.3 is 5.97 Å². The molecule has 19 heavy (non-hydrogen) atoms. The van der Waals surface area contributed by atoms with E-state index in [9.17, 15) is 18.3 Å². The quantitative estimate of drug-likeness (QED) is 0.507. The number of nitrogens with one attached hydrogen (secondary N) is 1. The van der Waals surface area contributed by atoms with Crippen molar-refractivity contribution in [2.75, 3.05) is 23.7 Å². The molecule has 7 nitrogen and oxygen atoms in total. The monoisotopic (exact) mass is 289 g/mol. The molecule has 0 unspecified atom stereocenters. The van der Waals surface area contributed by atoms with Gasteiger partial charge in [0.05, 0.1) is 18.0 Å². The second kappa shape index (κ2) is 6.39. The first kappa shape index (κ1) is 15.3. The summed E-state index contributed by atoms with van der Waals surface area (Å²) in [4.78, 5) is 10.8. The highest BCUT2D eigenvalue weighted by atomic mass is 32.2. The van der Waals surface area contributed by atoms with Crippen LogP contribution < -0.4 is 4.72 Å². The zero-order valence-corrected chi connectivity index (χ0v) is 11.1. The topological polar surface area (TPSA) is 113 Å². The Labute approximate surface area is 110 Å². The molecule has 0 bridgehead atoms. The molecule has 0 fully saturated rings. The van der Waals surface area contributed by atoms with Gasteiger partial charge in [0.2, 0.25) is 10.0 Å². The maximum absolute atomic E-state index is 11.7. The minimum atomic E-state index is -3.70. The summed E-state index contributed by atoms with van der Waals surface area (Å²) >= 11 is 0. The summed E-state index contributed by atoms with van der Waals surface area (Å²) in [6, 6.07) is 3.79. The van der Waals surface area contributed by atoms with E-state index in [0.717, 1.165) is 0 Å². The van der Waals surface area contributed by atoms with Crippen molar-refractivity contribution >= 4 is 21.7 Å². The Morgan fingerprint density at radius 3 is 2.68 bits per heavy atom. The lowest BCUT2D eigenvalue weighted by atomic mass is 10.2. The normalized spacial score (nSPS) is 11.2. The molecule has 0 aromatic heterocycles. The fourth-order valence-electron chi connectivity index (χ4n) is 1.33. The van der Waals surface area contributed by atoms with Crippen LogP contribution in [0.1, 0.15) is 17.3 Å². The number of hydrogen-bond donors (Lipinski definition) is 3. The van der Waals surface area contributed by atoms with E-state index < -0.39 is 21.7 Å². The van der Waals surface area contributed by atoms with E-state index in [-0.39, 0.29) is 23.6 Å². The van der Waals surface area contributed by atoms with Gasteiger partial charge in [-0.05, 0) is 19.1 Å². The first-order valence-electron chi connectivity index (χ1n) is 5.51.